The third kappa shape index (κ3) is 2.51. The highest BCUT2D eigenvalue weighted by Gasteiger charge is 2.22. The molecule has 0 atom stereocenters. The SMILES string of the molecule is CCn1ccc(Nc2c([N+](=O)[O-])ccc(F)c2F)n1. The first-order chi connectivity index (χ1) is 9.02. The van der Waals surface area contributed by atoms with Gasteiger partial charge in [0, 0.05) is 24.9 Å². The van der Waals surface area contributed by atoms with Crippen molar-refractivity contribution in [3.63, 3.8) is 0 Å². The van der Waals surface area contributed by atoms with Crippen molar-refractivity contribution in [3.8, 4) is 0 Å². The molecule has 8 heteroatoms. The highest BCUT2D eigenvalue weighted by atomic mass is 19.2. The fourth-order valence-electron chi connectivity index (χ4n) is 1.54. The molecule has 6 nitrogen and oxygen atoms in total. The van der Waals surface area contributed by atoms with Gasteiger partial charge in [-0.05, 0) is 13.0 Å². The monoisotopic (exact) mass is 268 g/mol. The number of hydrogen-bond donors (Lipinski definition) is 1. The molecule has 0 unspecified atom stereocenters. The summed E-state index contributed by atoms with van der Waals surface area (Å²) in [6.45, 7) is 2.44. The van der Waals surface area contributed by atoms with Gasteiger partial charge in [0.2, 0.25) is 0 Å². The number of nitro benzene ring substituents is 1. The molecule has 0 amide bonds. The lowest BCUT2D eigenvalue weighted by atomic mass is 10.2. The Balaban J connectivity index is 2.42. The Morgan fingerprint density at radius 1 is 1.42 bits per heavy atom. The Morgan fingerprint density at radius 2 is 2.16 bits per heavy atom. The zero-order valence-electron chi connectivity index (χ0n) is 9.93. The second-order valence-electron chi connectivity index (χ2n) is 3.69. The predicted octanol–water partition coefficient (Wildman–Crippen LogP) is 2.83. The van der Waals surface area contributed by atoms with E-state index in [1.807, 2.05) is 6.92 Å². The molecule has 0 saturated heterocycles. The maximum absolute atomic E-state index is 13.6. The number of hydrogen-bond acceptors (Lipinski definition) is 4. The van der Waals surface area contributed by atoms with Crippen LogP contribution >= 0.6 is 0 Å². The fraction of sp³-hybridized carbons (Fsp3) is 0.182. The summed E-state index contributed by atoms with van der Waals surface area (Å²) in [7, 11) is 0. The molecule has 1 N–H and O–H groups in total. The van der Waals surface area contributed by atoms with Gasteiger partial charge in [0.05, 0.1) is 4.92 Å². The molecule has 2 rings (SSSR count). The lowest BCUT2D eigenvalue weighted by Gasteiger charge is -2.06. The van der Waals surface area contributed by atoms with Crippen LogP contribution in [0.2, 0.25) is 0 Å². The molecule has 0 spiro atoms. The summed E-state index contributed by atoms with van der Waals surface area (Å²) in [5.41, 5.74) is -1.09. The summed E-state index contributed by atoms with van der Waals surface area (Å²) in [5, 5.41) is 17.2. The minimum absolute atomic E-state index is 0.203. The standard InChI is InChI=1S/C11H10F2N4O2/c1-2-16-6-5-9(15-16)14-11-8(17(18)19)4-3-7(12)10(11)13/h3-6H,2H2,1H3,(H,14,15). The van der Waals surface area contributed by atoms with Crippen molar-refractivity contribution in [3.05, 3.63) is 46.1 Å². The fourth-order valence-corrected chi connectivity index (χ4v) is 1.54. The van der Waals surface area contributed by atoms with E-state index in [2.05, 4.69) is 10.4 Å². The van der Waals surface area contributed by atoms with Crippen LogP contribution in [-0.2, 0) is 6.54 Å². The first kappa shape index (κ1) is 12.9. The Bertz CT molecular complexity index is 627. The number of rotatable bonds is 4. The first-order valence-corrected chi connectivity index (χ1v) is 5.45. The maximum atomic E-state index is 13.6. The third-order valence-corrected chi connectivity index (χ3v) is 2.49. The van der Waals surface area contributed by atoms with Crippen molar-refractivity contribution in [2.45, 2.75) is 13.5 Å². The highest BCUT2D eigenvalue weighted by Crippen LogP contribution is 2.31. The Hall–Kier alpha value is -2.51. The zero-order valence-corrected chi connectivity index (χ0v) is 9.93. The summed E-state index contributed by atoms with van der Waals surface area (Å²) in [6.07, 6.45) is 1.62. The molecule has 1 heterocycles. The molecule has 0 saturated carbocycles. The molecule has 19 heavy (non-hydrogen) atoms. The largest absolute Gasteiger partial charge is 0.331 e. The smallest absolute Gasteiger partial charge is 0.295 e. The van der Waals surface area contributed by atoms with E-state index in [1.165, 1.54) is 6.07 Å². The molecule has 0 bridgehead atoms. The van der Waals surface area contributed by atoms with E-state index < -0.39 is 27.9 Å². The average molecular weight is 268 g/mol. The second kappa shape index (κ2) is 5.01. The van der Waals surface area contributed by atoms with Crippen LogP contribution in [-0.4, -0.2) is 14.7 Å². The Morgan fingerprint density at radius 3 is 2.74 bits per heavy atom. The Labute approximate surface area is 106 Å². The van der Waals surface area contributed by atoms with Gasteiger partial charge >= 0.3 is 0 Å². The molecule has 0 aliphatic carbocycles. The number of nitrogens with zero attached hydrogens (tertiary/aromatic N) is 3. The molecule has 0 fully saturated rings. The maximum Gasteiger partial charge on any atom is 0.295 e. The van der Waals surface area contributed by atoms with Gasteiger partial charge in [0.1, 0.15) is 0 Å². The van der Waals surface area contributed by atoms with Crippen molar-refractivity contribution in [2.75, 3.05) is 5.32 Å². The van der Waals surface area contributed by atoms with E-state index in [-0.39, 0.29) is 5.82 Å². The van der Waals surface area contributed by atoms with Gasteiger partial charge in [0.25, 0.3) is 5.69 Å². The first-order valence-electron chi connectivity index (χ1n) is 5.45. The second-order valence-corrected chi connectivity index (χ2v) is 3.69. The van der Waals surface area contributed by atoms with Gasteiger partial charge < -0.3 is 5.32 Å². The quantitative estimate of drug-likeness (QED) is 0.683. The van der Waals surface area contributed by atoms with Crippen LogP contribution in [0.15, 0.2) is 24.4 Å². The lowest BCUT2D eigenvalue weighted by Crippen LogP contribution is -2.03. The summed E-state index contributed by atoms with van der Waals surface area (Å²) < 4.78 is 28.3. The van der Waals surface area contributed by atoms with Crippen LogP contribution in [0, 0.1) is 21.7 Å². The van der Waals surface area contributed by atoms with E-state index in [0.717, 1.165) is 6.07 Å². The molecule has 100 valence electrons. The van der Waals surface area contributed by atoms with Crippen LogP contribution in [0.3, 0.4) is 0 Å². The van der Waals surface area contributed by atoms with Crippen molar-refractivity contribution < 1.29 is 13.7 Å². The van der Waals surface area contributed by atoms with Gasteiger partial charge in [-0.1, -0.05) is 0 Å². The number of aromatic nitrogens is 2. The molecule has 2 aromatic rings. The Kier molecular flexibility index (Phi) is 3.41. The summed E-state index contributed by atoms with van der Waals surface area (Å²) >= 11 is 0. The number of halogens is 2. The summed E-state index contributed by atoms with van der Waals surface area (Å²) in [6, 6.07) is 3.12. The number of nitro groups is 1. The molecule has 0 radical (unpaired) electrons. The number of nitrogens with one attached hydrogen (secondary N) is 1. The van der Waals surface area contributed by atoms with Gasteiger partial charge in [-0.2, -0.15) is 5.10 Å². The van der Waals surface area contributed by atoms with Gasteiger partial charge in [-0.3, -0.25) is 14.8 Å². The minimum atomic E-state index is -1.31. The predicted molar refractivity (Wildman–Crippen MR) is 64.2 cm³/mol. The highest BCUT2D eigenvalue weighted by molar-refractivity contribution is 5.68. The molecular formula is C11H10F2N4O2. The van der Waals surface area contributed by atoms with Gasteiger partial charge in [-0.15, -0.1) is 0 Å². The van der Waals surface area contributed by atoms with Crippen LogP contribution in [0.25, 0.3) is 0 Å². The molecule has 1 aromatic carbocycles. The van der Waals surface area contributed by atoms with Crippen LogP contribution in [0.1, 0.15) is 6.92 Å². The summed E-state index contributed by atoms with van der Waals surface area (Å²) in [4.78, 5) is 10.00. The van der Waals surface area contributed by atoms with Crippen LogP contribution in [0.5, 0.6) is 0 Å². The average Bonchev–Trinajstić information content (AvgIpc) is 2.82. The minimum Gasteiger partial charge on any atom is -0.331 e. The number of anilines is 2. The zero-order chi connectivity index (χ0) is 14.0. The van der Waals surface area contributed by atoms with E-state index in [9.17, 15) is 18.9 Å². The van der Waals surface area contributed by atoms with Gasteiger partial charge in [0.15, 0.2) is 23.1 Å². The van der Waals surface area contributed by atoms with Gasteiger partial charge in [-0.25, -0.2) is 8.78 Å². The van der Waals surface area contributed by atoms with Crippen molar-refractivity contribution in [1.29, 1.82) is 0 Å². The van der Waals surface area contributed by atoms with E-state index in [4.69, 9.17) is 0 Å². The molecule has 1 aromatic heterocycles. The van der Waals surface area contributed by atoms with Crippen molar-refractivity contribution in [2.24, 2.45) is 0 Å². The molecule has 0 aliphatic heterocycles. The van der Waals surface area contributed by atoms with E-state index >= 15 is 0 Å². The molecular weight excluding hydrogens is 258 g/mol. The van der Waals surface area contributed by atoms with Crippen molar-refractivity contribution >= 4 is 17.2 Å². The summed E-state index contributed by atoms with van der Waals surface area (Å²) in [5.74, 6) is -2.27. The normalized spacial score (nSPS) is 10.5. The van der Waals surface area contributed by atoms with Crippen LogP contribution < -0.4 is 5.32 Å². The van der Waals surface area contributed by atoms with E-state index in [0.29, 0.717) is 12.6 Å². The number of benzene rings is 1. The third-order valence-electron chi connectivity index (χ3n) is 2.49. The van der Waals surface area contributed by atoms with Crippen LogP contribution in [0.4, 0.5) is 26.0 Å². The molecule has 0 aliphatic rings. The van der Waals surface area contributed by atoms with E-state index in [1.54, 1.807) is 10.9 Å². The topological polar surface area (TPSA) is 73.0 Å². The lowest BCUT2D eigenvalue weighted by molar-refractivity contribution is -0.384. The van der Waals surface area contributed by atoms with Crippen molar-refractivity contribution in [1.82, 2.24) is 9.78 Å². The number of aryl methyl sites for hydroxylation is 1.